The maximum absolute atomic E-state index is 13.6. The number of carbonyl (C=O) groups is 2. The molecule has 7 heteroatoms. The molecular weight excluding hydrogens is 360 g/mol. The van der Waals surface area contributed by atoms with E-state index < -0.39 is 29.8 Å². The summed E-state index contributed by atoms with van der Waals surface area (Å²) in [6, 6.07) is 8.93. The molecule has 5 rings (SSSR count). The number of rotatable bonds is 2. The zero-order valence-electron chi connectivity index (χ0n) is 16.3. The minimum Gasteiger partial charge on any atom is -0.382 e. The van der Waals surface area contributed by atoms with Gasteiger partial charge in [-0.05, 0) is 25.8 Å². The third-order valence-corrected chi connectivity index (χ3v) is 6.79. The Morgan fingerprint density at radius 3 is 2.57 bits per heavy atom. The minimum atomic E-state index is -1.32. The standard InChI is InChI=1S/C21H26N2O5/c1-21(2)27-17-12-9-13(18(17)28-21)23(10-12)19(25)14-15(11-7-5-4-6-8-11)22(3)20(26)16(14)24/h4-8,12-18,24H,9-10H2,1-3H3/t12-,13-,14+,15+,16+,17-,18+/m0/s1. The van der Waals surface area contributed by atoms with Gasteiger partial charge in [0.05, 0.1) is 24.1 Å². The van der Waals surface area contributed by atoms with Crippen molar-refractivity contribution in [3.8, 4) is 0 Å². The molecule has 150 valence electrons. The number of carbonyl (C=O) groups excluding carboxylic acids is 2. The van der Waals surface area contributed by atoms with Crippen LogP contribution in [0.25, 0.3) is 0 Å². The van der Waals surface area contributed by atoms with Gasteiger partial charge in [-0.25, -0.2) is 0 Å². The van der Waals surface area contributed by atoms with Crippen LogP contribution in [0.3, 0.4) is 0 Å². The first-order valence-corrected chi connectivity index (χ1v) is 9.94. The molecule has 2 bridgehead atoms. The van der Waals surface area contributed by atoms with Crippen LogP contribution in [-0.4, -0.2) is 70.5 Å². The highest BCUT2D eigenvalue weighted by atomic mass is 16.8. The highest BCUT2D eigenvalue weighted by molar-refractivity contribution is 5.94. The molecule has 0 aromatic heterocycles. The van der Waals surface area contributed by atoms with Gasteiger partial charge in [0.25, 0.3) is 5.91 Å². The Bertz CT molecular complexity index is 812. The monoisotopic (exact) mass is 386 g/mol. The van der Waals surface area contributed by atoms with Crippen molar-refractivity contribution in [3.63, 3.8) is 0 Å². The van der Waals surface area contributed by atoms with Gasteiger partial charge < -0.3 is 24.4 Å². The van der Waals surface area contributed by atoms with Crippen LogP contribution in [0, 0.1) is 11.8 Å². The summed E-state index contributed by atoms with van der Waals surface area (Å²) in [6.45, 7) is 4.39. The van der Waals surface area contributed by atoms with Crippen LogP contribution in [0.4, 0.5) is 0 Å². The van der Waals surface area contributed by atoms with E-state index >= 15 is 0 Å². The normalized spacial score (nSPS) is 41.0. The molecule has 0 radical (unpaired) electrons. The number of hydrogen-bond acceptors (Lipinski definition) is 5. The van der Waals surface area contributed by atoms with Gasteiger partial charge in [0.15, 0.2) is 5.79 Å². The average Bonchev–Trinajstić information content (AvgIpc) is 3.37. The number of fused-ring (bicyclic) bond motifs is 5. The lowest BCUT2D eigenvalue weighted by Gasteiger charge is -2.36. The zero-order chi connectivity index (χ0) is 19.8. The van der Waals surface area contributed by atoms with Crippen LogP contribution < -0.4 is 0 Å². The molecule has 3 aliphatic heterocycles. The predicted octanol–water partition coefficient (Wildman–Crippen LogP) is 0.928. The number of benzene rings is 1. The molecule has 1 saturated carbocycles. The lowest BCUT2D eigenvalue weighted by molar-refractivity contribution is -0.158. The van der Waals surface area contributed by atoms with E-state index in [0.717, 1.165) is 12.0 Å². The smallest absolute Gasteiger partial charge is 0.252 e. The lowest BCUT2D eigenvalue weighted by atomic mass is 9.90. The van der Waals surface area contributed by atoms with E-state index in [1.54, 1.807) is 7.05 Å². The first-order valence-electron chi connectivity index (χ1n) is 9.94. The minimum absolute atomic E-state index is 0.0202. The van der Waals surface area contributed by atoms with Crippen LogP contribution >= 0.6 is 0 Å². The van der Waals surface area contributed by atoms with Gasteiger partial charge in [0.1, 0.15) is 12.2 Å². The molecule has 4 fully saturated rings. The summed E-state index contributed by atoms with van der Waals surface area (Å²) in [4.78, 5) is 29.4. The number of ether oxygens (including phenoxy) is 2. The van der Waals surface area contributed by atoms with Crippen molar-refractivity contribution in [2.24, 2.45) is 11.8 Å². The van der Waals surface area contributed by atoms with Crippen molar-refractivity contribution < 1.29 is 24.2 Å². The largest absolute Gasteiger partial charge is 0.382 e. The summed E-state index contributed by atoms with van der Waals surface area (Å²) in [5.74, 6) is -1.79. The van der Waals surface area contributed by atoms with Gasteiger partial charge in [0.2, 0.25) is 5.91 Å². The Labute approximate surface area is 164 Å². The van der Waals surface area contributed by atoms with E-state index in [9.17, 15) is 14.7 Å². The summed E-state index contributed by atoms with van der Waals surface area (Å²) >= 11 is 0. The molecule has 1 aliphatic carbocycles. The molecule has 0 spiro atoms. The zero-order valence-corrected chi connectivity index (χ0v) is 16.3. The summed E-state index contributed by atoms with van der Waals surface area (Å²) in [6.07, 6.45) is -0.596. The van der Waals surface area contributed by atoms with Crippen molar-refractivity contribution >= 4 is 11.8 Å². The van der Waals surface area contributed by atoms with Crippen molar-refractivity contribution in [2.75, 3.05) is 13.6 Å². The highest BCUT2D eigenvalue weighted by Crippen LogP contribution is 2.49. The SMILES string of the molecule is CN1C(=O)[C@H](O)[C@H](C(=O)N2C[C@@H]3C[C@H]2[C@H]2OC(C)(C)O[C@@H]32)[C@H]1c1ccccc1. The third kappa shape index (κ3) is 2.46. The second-order valence-corrected chi connectivity index (χ2v) is 8.89. The van der Waals surface area contributed by atoms with Gasteiger partial charge in [-0.1, -0.05) is 30.3 Å². The quantitative estimate of drug-likeness (QED) is 0.818. The molecule has 3 heterocycles. The highest BCUT2D eigenvalue weighted by Gasteiger charge is 2.62. The summed E-state index contributed by atoms with van der Waals surface area (Å²) in [7, 11) is 1.65. The molecule has 7 nitrogen and oxygen atoms in total. The van der Waals surface area contributed by atoms with Crippen LogP contribution in [0.1, 0.15) is 31.9 Å². The molecule has 28 heavy (non-hydrogen) atoms. The van der Waals surface area contributed by atoms with Gasteiger partial charge >= 0.3 is 0 Å². The van der Waals surface area contributed by atoms with E-state index in [1.165, 1.54) is 4.90 Å². The van der Waals surface area contributed by atoms with Gasteiger partial charge in [-0.15, -0.1) is 0 Å². The Morgan fingerprint density at radius 1 is 1.18 bits per heavy atom. The predicted molar refractivity (Wildman–Crippen MR) is 98.9 cm³/mol. The van der Waals surface area contributed by atoms with E-state index in [-0.39, 0.29) is 30.1 Å². The first kappa shape index (κ1) is 18.1. The van der Waals surface area contributed by atoms with Crippen LogP contribution in [0.2, 0.25) is 0 Å². The van der Waals surface area contributed by atoms with E-state index in [0.29, 0.717) is 6.54 Å². The molecular formula is C21H26N2O5. The molecule has 4 aliphatic rings. The van der Waals surface area contributed by atoms with Crippen molar-refractivity contribution in [1.29, 1.82) is 0 Å². The van der Waals surface area contributed by atoms with Crippen molar-refractivity contribution in [1.82, 2.24) is 9.80 Å². The second-order valence-electron chi connectivity index (χ2n) is 8.89. The number of likely N-dealkylation sites (N-methyl/N-ethyl adjacent to an activating group) is 1. The first-order chi connectivity index (χ1) is 13.3. The Morgan fingerprint density at radius 2 is 1.86 bits per heavy atom. The molecule has 1 N–H and O–H groups in total. The number of amides is 2. The number of piperidine rings is 1. The Kier molecular flexibility index (Phi) is 3.89. The maximum Gasteiger partial charge on any atom is 0.252 e. The summed E-state index contributed by atoms with van der Waals surface area (Å²) < 4.78 is 12.1. The molecule has 7 atom stereocenters. The number of aliphatic hydroxyl groups is 1. The lowest BCUT2D eigenvalue weighted by Crippen LogP contribution is -2.53. The number of nitrogens with zero attached hydrogens (tertiary/aromatic N) is 2. The molecule has 1 aromatic carbocycles. The molecule has 2 amide bonds. The van der Waals surface area contributed by atoms with Gasteiger partial charge in [-0.3, -0.25) is 9.59 Å². The van der Waals surface area contributed by atoms with Crippen LogP contribution in [0.5, 0.6) is 0 Å². The Hall–Kier alpha value is -1.96. The fraction of sp³-hybridized carbons (Fsp3) is 0.619. The fourth-order valence-electron chi connectivity index (χ4n) is 5.64. The molecule has 1 aromatic rings. The van der Waals surface area contributed by atoms with E-state index in [2.05, 4.69) is 0 Å². The molecule has 3 saturated heterocycles. The Balaban J connectivity index is 1.44. The van der Waals surface area contributed by atoms with Crippen LogP contribution in [-0.2, 0) is 19.1 Å². The number of hydrogen-bond donors (Lipinski definition) is 1. The summed E-state index contributed by atoms with van der Waals surface area (Å²) in [5.41, 5.74) is 0.858. The fourth-order valence-corrected chi connectivity index (χ4v) is 5.64. The van der Waals surface area contributed by atoms with E-state index in [1.807, 2.05) is 49.1 Å². The molecule has 0 unspecified atom stereocenters. The average molecular weight is 386 g/mol. The summed E-state index contributed by atoms with van der Waals surface area (Å²) in [5, 5.41) is 10.6. The van der Waals surface area contributed by atoms with Crippen molar-refractivity contribution in [3.05, 3.63) is 35.9 Å². The topological polar surface area (TPSA) is 79.3 Å². The van der Waals surface area contributed by atoms with Crippen LogP contribution in [0.15, 0.2) is 30.3 Å². The number of likely N-dealkylation sites (tertiary alicyclic amines) is 2. The van der Waals surface area contributed by atoms with Crippen molar-refractivity contribution in [2.45, 2.75) is 56.5 Å². The number of aliphatic hydroxyl groups excluding tert-OH is 1. The van der Waals surface area contributed by atoms with E-state index in [4.69, 9.17) is 9.47 Å². The van der Waals surface area contributed by atoms with Gasteiger partial charge in [-0.2, -0.15) is 0 Å². The van der Waals surface area contributed by atoms with Gasteiger partial charge in [0, 0.05) is 19.5 Å². The second kappa shape index (κ2) is 6.02. The maximum atomic E-state index is 13.6. The third-order valence-electron chi connectivity index (χ3n) is 6.79.